The van der Waals surface area contributed by atoms with Crippen LogP contribution in [0.25, 0.3) is 5.82 Å². The standard InChI is InChI=1S/C21H17N5O/c27-21(18-9-10-19(23-14-18)26-13-11-22-16-26)24-20-8-4-5-12-25(20)15-17-6-2-1-3-7-17/h1-14,16H,15H2. The molecule has 0 spiro atoms. The summed E-state index contributed by atoms with van der Waals surface area (Å²) in [5.41, 5.74) is 2.18. The molecule has 0 N–H and O–H groups in total. The maximum absolute atomic E-state index is 12.6. The van der Waals surface area contributed by atoms with Gasteiger partial charge in [-0.25, -0.2) is 9.97 Å². The van der Waals surface area contributed by atoms with E-state index in [0.717, 1.165) is 5.56 Å². The largest absolute Gasteiger partial charge is 0.328 e. The number of imidazole rings is 1. The van der Waals surface area contributed by atoms with Crippen LogP contribution < -0.4 is 5.49 Å². The van der Waals surface area contributed by atoms with Gasteiger partial charge in [-0.3, -0.25) is 9.36 Å². The summed E-state index contributed by atoms with van der Waals surface area (Å²) in [6.45, 7) is 0.644. The molecular weight excluding hydrogens is 338 g/mol. The predicted octanol–water partition coefficient (Wildman–Crippen LogP) is 2.86. The smallest absolute Gasteiger partial charge is 0.280 e. The van der Waals surface area contributed by atoms with E-state index in [0.29, 0.717) is 23.4 Å². The fourth-order valence-corrected chi connectivity index (χ4v) is 2.71. The molecule has 4 rings (SSSR count). The molecule has 3 heterocycles. The molecule has 6 nitrogen and oxygen atoms in total. The topological polar surface area (TPSA) is 65.1 Å². The Balaban J connectivity index is 1.61. The molecule has 3 aromatic heterocycles. The van der Waals surface area contributed by atoms with Crippen LogP contribution in [0, 0.1) is 0 Å². The first-order valence-corrected chi connectivity index (χ1v) is 8.52. The summed E-state index contributed by atoms with van der Waals surface area (Å²) in [4.78, 5) is 25.2. The maximum Gasteiger partial charge on any atom is 0.280 e. The monoisotopic (exact) mass is 355 g/mol. The minimum Gasteiger partial charge on any atom is -0.328 e. The van der Waals surface area contributed by atoms with Crippen molar-refractivity contribution >= 4 is 5.91 Å². The van der Waals surface area contributed by atoms with Gasteiger partial charge in [0.1, 0.15) is 17.6 Å². The van der Waals surface area contributed by atoms with E-state index in [2.05, 4.69) is 15.0 Å². The molecule has 0 aliphatic rings. The second kappa shape index (κ2) is 7.61. The molecule has 1 aromatic carbocycles. The average Bonchev–Trinajstić information content (AvgIpc) is 3.25. The minimum atomic E-state index is -0.326. The molecule has 0 unspecified atom stereocenters. The van der Waals surface area contributed by atoms with E-state index in [9.17, 15) is 4.79 Å². The van der Waals surface area contributed by atoms with Crippen LogP contribution in [-0.4, -0.2) is 25.0 Å². The summed E-state index contributed by atoms with van der Waals surface area (Å²) in [7, 11) is 0. The molecule has 0 saturated carbocycles. The van der Waals surface area contributed by atoms with Crippen LogP contribution in [-0.2, 0) is 6.54 Å². The van der Waals surface area contributed by atoms with E-state index in [1.165, 1.54) is 6.20 Å². The van der Waals surface area contributed by atoms with Gasteiger partial charge in [-0.2, -0.15) is 4.99 Å². The molecule has 6 heteroatoms. The fraction of sp³-hybridized carbons (Fsp3) is 0.0476. The predicted molar refractivity (Wildman–Crippen MR) is 101 cm³/mol. The fourth-order valence-electron chi connectivity index (χ4n) is 2.71. The third-order valence-electron chi connectivity index (χ3n) is 4.09. The molecule has 0 aliphatic carbocycles. The summed E-state index contributed by atoms with van der Waals surface area (Å²) < 4.78 is 3.72. The maximum atomic E-state index is 12.6. The molecule has 0 fully saturated rings. The lowest BCUT2D eigenvalue weighted by atomic mass is 10.2. The van der Waals surface area contributed by atoms with Crippen molar-refractivity contribution in [3.63, 3.8) is 0 Å². The van der Waals surface area contributed by atoms with Crippen molar-refractivity contribution in [2.24, 2.45) is 4.99 Å². The zero-order chi connectivity index (χ0) is 18.5. The Morgan fingerprint density at radius 2 is 1.81 bits per heavy atom. The molecule has 4 aromatic rings. The van der Waals surface area contributed by atoms with Crippen LogP contribution in [0.2, 0.25) is 0 Å². The molecule has 27 heavy (non-hydrogen) atoms. The van der Waals surface area contributed by atoms with Crippen molar-refractivity contribution < 1.29 is 4.79 Å². The first-order valence-electron chi connectivity index (χ1n) is 8.52. The van der Waals surface area contributed by atoms with Crippen LogP contribution in [0.15, 0.2) is 96.8 Å². The average molecular weight is 355 g/mol. The lowest BCUT2D eigenvalue weighted by Crippen LogP contribution is -2.22. The number of hydrogen-bond donors (Lipinski definition) is 0. The van der Waals surface area contributed by atoms with Gasteiger partial charge in [-0.1, -0.05) is 36.4 Å². The van der Waals surface area contributed by atoms with Gasteiger partial charge in [0.15, 0.2) is 0 Å². The first-order chi connectivity index (χ1) is 13.3. The van der Waals surface area contributed by atoms with Crippen molar-refractivity contribution in [1.82, 2.24) is 19.1 Å². The molecule has 0 saturated heterocycles. The number of nitrogens with zero attached hydrogens (tertiary/aromatic N) is 5. The first kappa shape index (κ1) is 16.7. The Morgan fingerprint density at radius 3 is 2.56 bits per heavy atom. The molecule has 0 radical (unpaired) electrons. The van der Waals surface area contributed by atoms with Crippen molar-refractivity contribution in [2.75, 3.05) is 0 Å². The normalized spacial score (nSPS) is 11.5. The summed E-state index contributed by atoms with van der Waals surface area (Å²) in [6.07, 6.45) is 8.58. The van der Waals surface area contributed by atoms with Gasteiger partial charge < -0.3 is 4.57 Å². The highest BCUT2D eigenvalue weighted by molar-refractivity contribution is 5.94. The van der Waals surface area contributed by atoms with Gasteiger partial charge in [0.2, 0.25) is 0 Å². The van der Waals surface area contributed by atoms with Gasteiger partial charge in [0, 0.05) is 31.3 Å². The van der Waals surface area contributed by atoms with Crippen LogP contribution in [0.4, 0.5) is 0 Å². The number of amides is 1. The minimum absolute atomic E-state index is 0.326. The number of benzene rings is 1. The highest BCUT2D eigenvalue weighted by Gasteiger charge is 2.06. The third kappa shape index (κ3) is 3.90. The summed E-state index contributed by atoms with van der Waals surface area (Å²) in [5.74, 6) is 0.371. The van der Waals surface area contributed by atoms with E-state index in [4.69, 9.17) is 0 Å². The number of pyridine rings is 2. The summed E-state index contributed by atoms with van der Waals surface area (Å²) in [6, 6.07) is 19.2. The highest BCUT2D eigenvalue weighted by atomic mass is 16.1. The number of hydrogen-bond acceptors (Lipinski definition) is 3. The molecular formula is C21H17N5O. The van der Waals surface area contributed by atoms with Crippen molar-refractivity contribution in [2.45, 2.75) is 6.54 Å². The van der Waals surface area contributed by atoms with Gasteiger partial charge in [-0.05, 0) is 29.8 Å². The summed E-state index contributed by atoms with van der Waals surface area (Å²) in [5, 5.41) is 0. The van der Waals surface area contributed by atoms with E-state index in [1.807, 2.05) is 59.3 Å². The number of carbonyl (C=O) groups is 1. The van der Waals surface area contributed by atoms with Gasteiger partial charge in [0.25, 0.3) is 5.91 Å². The summed E-state index contributed by atoms with van der Waals surface area (Å²) >= 11 is 0. The van der Waals surface area contributed by atoms with Gasteiger partial charge >= 0.3 is 0 Å². The second-order valence-electron chi connectivity index (χ2n) is 5.96. The van der Waals surface area contributed by atoms with Crippen LogP contribution in [0.1, 0.15) is 15.9 Å². The Kier molecular flexibility index (Phi) is 4.70. The molecule has 132 valence electrons. The van der Waals surface area contributed by atoms with Crippen LogP contribution in [0.3, 0.4) is 0 Å². The van der Waals surface area contributed by atoms with Crippen LogP contribution >= 0.6 is 0 Å². The van der Waals surface area contributed by atoms with E-state index in [-0.39, 0.29) is 5.91 Å². The van der Waals surface area contributed by atoms with Gasteiger partial charge in [-0.15, -0.1) is 0 Å². The quantitative estimate of drug-likeness (QED) is 0.565. The van der Waals surface area contributed by atoms with Gasteiger partial charge in [0.05, 0.1) is 5.56 Å². The number of carbonyl (C=O) groups excluding carboxylic acids is 1. The Morgan fingerprint density at radius 1 is 0.963 bits per heavy atom. The SMILES string of the molecule is O=C(N=c1ccccn1Cc1ccccc1)c1ccc(-n2ccnc2)nc1. The van der Waals surface area contributed by atoms with E-state index >= 15 is 0 Å². The molecule has 0 atom stereocenters. The zero-order valence-electron chi connectivity index (χ0n) is 14.5. The second-order valence-corrected chi connectivity index (χ2v) is 5.96. The number of aromatic nitrogens is 4. The zero-order valence-corrected chi connectivity index (χ0v) is 14.5. The third-order valence-corrected chi connectivity index (χ3v) is 4.09. The molecule has 1 amide bonds. The van der Waals surface area contributed by atoms with Crippen molar-refractivity contribution in [3.8, 4) is 5.82 Å². The lowest BCUT2D eigenvalue weighted by Gasteiger charge is -2.07. The Labute approximate surface area is 156 Å². The van der Waals surface area contributed by atoms with E-state index < -0.39 is 0 Å². The molecule has 0 bridgehead atoms. The lowest BCUT2D eigenvalue weighted by molar-refractivity contribution is 0.0997. The van der Waals surface area contributed by atoms with Crippen molar-refractivity contribution in [1.29, 1.82) is 0 Å². The Hall–Kier alpha value is -3.80. The highest BCUT2D eigenvalue weighted by Crippen LogP contribution is 2.06. The van der Waals surface area contributed by atoms with Crippen LogP contribution in [0.5, 0.6) is 0 Å². The number of rotatable bonds is 4. The molecule has 0 aliphatic heterocycles. The van der Waals surface area contributed by atoms with Crippen molar-refractivity contribution in [3.05, 3.63) is 108 Å². The Bertz CT molecular complexity index is 1100. The van der Waals surface area contributed by atoms with E-state index in [1.54, 1.807) is 35.4 Å².